The van der Waals surface area contributed by atoms with Crippen LogP contribution in [0.3, 0.4) is 0 Å². The van der Waals surface area contributed by atoms with E-state index in [0.717, 1.165) is 60.8 Å². The van der Waals surface area contributed by atoms with Crippen molar-refractivity contribution >= 4 is 29.4 Å². The molecule has 5 atom stereocenters. The maximum atomic E-state index is 13.6. The second-order valence-corrected chi connectivity index (χ2v) is 12.0. The van der Waals surface area contributed by atoms with Crippen LogP contribution < -0.4 is 25.6 Å². The number of nitrogens with one attached hydrogen (secondary N) is 3. The Morgan fingerprint density at radius 1 is 1.11 bits per heavy atom. The minimum absolute atomic E-state index is 0.0240. The second kappa shape index (κ2) is 10.3. The highest BCUT2D eigenvalue weighted by Gasteiger charge is 2.52. The van der Waals surface area contributed by atoms with Crippen LogP contribution in [0.5, 0.6) is 11.5 Å². The van der Waals surface area contributed by atoms with Gasteiger partial charge in [-0.05, 0) is 82.6 Å². The summed E-state index contributed by atoms with van der Waals surface area (Å²) in [4.78, 5) is 31.9. The fraction of sp³-hybridized carbons (Fsp3) is 0.448. The van der Waals surface area contributed by atoms with Crippen LogP contribution in [0.15, 0.2) is 59.1 Å². The first kappa shape index (κ1) is 25.3. The zero-order valence-electron chi connectivity index (χ0n) is 22.1. The van der Waals surface area contributed by atoms with Crippen molar-refractivity contribution in [2.24, 2.45) is 5.92 Å². The summed E-state index contributed by atoms with van der Waals surface area (Å²) in [5, 5.41) is 10.0. The normalized spacial score (nSPS) is 29.1. The zero-order chi connectivity index (χ0) is 26.4. The Kier molecular flexibility index (Phi) is 6.84. The van der Waals surface area contributed by atoms with Gasteiger partial charge in [-0.3, -0.25) is 9.69 Å². The van der Waals surface area contributed by atoms with E-state index in [2.05, 4.69) is 34.8 Å². The third kappa shape index (κ3) is 4.67. The predicted molar refractivity (Wildman–Crippen MR) is 150 cm³/mol. The summed E-state index contributed by atoms with van der Waals surface area (Å²) in [6.07, 6.45) is 2.86. The Labute approximate surface area is 228 Å². The first-order chi connectivity index (χ1) is 18.4. The molecule has 3 saturated heterocycles. The number of rotatable bonds is 5. The van der Waals surface area contributed by atoms with Crippen LogP contribution in [0.4, 0.5) is 10.5 Å². The average Bonchev–Trinajstić information content (AvgIpc) is 3.27. The molecule has 8 nitrogen and oxygen atoms in total. The van der Waals surface area contributed by atoms with Gasteiger partial charge in [0, 0.05) is 35.9 Å². The average molecular weight is 534 g/mol. The van der Waals surface area contributed by atoms with E-state index in [0.29, 0.717) is 10.9 Å². The number of nitrogens with zero attached hydrogens (tertiary/aromatic N) is 2. The molecule has 38 heavy (non-hydrogen) atoms. The number of para-hydroxylation sites is 1. The highest BCUT2D eigenvalue weighted by molar-refractivity contribution is 8.04. The second-order valence-electron chi connectivity index (χ2n) is 10.8. The van der Waals surface area contributed by atoms with Gasteiger partial charge in [0.1, 0.15) is 11.5 Å². The molecule has 6 rings (SSSR count). The van der Waals surface area contributed by atoms with Gasteiger partial charge in [0.15, 0.2) is 0 Å². The number of likely N-dealkylation sites (N-methyl/N-ethyl adjacent to an activating group) is 1. The van der Waals surface area contributed by atoms with E-state index in [1.165, 1.54) is 0 Å². The molecule has 4 unspecified atom stereocenters. The summed E-state index contributed by atoms with van der Waals surface area (Å²) in [6, 6.07) is 16.0. The molecule has 2 aromatic rings. The number of urea groups is 1. The smallest absolute Gasteiger partial charge is 0.326 e. The standard InChI is InChI=1S/C29H35N5O3S/c1-17-15-21(37-20-7-5-4-6-8-20)11-12-22(17)34-23-13-14-30-28-24(23)25(32-29(34)36)26(38-28)27(35)31-19-10-9-18(2)33(3)16-19/h4-8,11-12,15,18-19,23-24,28,30H,9-10,13-14,16H2,1-3H3,(H,31,35)(H,32,36)/t18-,19?,23?,24?,28?/m1/s1. The van der Waals surface area contributed by atoms with Crippen molar-refractivity contribution < 1.29 is 14.3 Å². The number of aryl methyl sites for hydroxylation is 1. The number of likely N-dealkylation sites (tertiary alicyclic amines) is 1. The van der Waals surface area contributed by atoms with Crippen LogP contribution in [0.2, 0.25) is 0 Å². The van der Waals surface area contributed by atoms with Gasteiger partial charge in [0.2, 0.25) is 0 Å². The van der Waals surface area contributed by atoms with E-state index in [1.807, 2.05) is 60.4 Å². The van der Waals surface area contributed by atoms with Crippen LogP contribution in [-0.4, -0.2) is 60.5 Å². The molecule has 0 aromatic heterocycles. The first-order valence-corrected chi connectivity index (χ1v) is 14.4. The van der Waals surface area contributed by atoms with Crippen molar-refractivity contribution in [2.75, 3.05) is 25.0 Å². The number of carbonyl (C=O) groups excluding carboxylic acids is 2. The minimum atomic E-state index is -0.180. The summed E-state index contributed by atoms with van der Waals surface area (Å²) in [7, 11) is 2.11. The Balaban J connectivity index is 1.23. The fourth-order valence-electron chi connectivity index (χ4n) is 6.14. The molecule has 9 heteroatoms. The third-order valence-electron chi connectivity index (χ3n) is 8.28. The molecule has 3 N–H and O–H groups in total. The van der Waals surface area contributed by atoms with E-state index in [1.54, 1.807) is 11.8 Å². The Bertz CT molecular complexity index is 1270. The lowest BCUT2D eigenvalue weighted by molar-refractivity contribution is -0.118. The Hall–Kier alpha value is -3.01. The Morgan fingerprint density at radius 2 is 1.92 bits per heavy atom. The van der Waals surface area contributed by atoms with Gasteiger partial charge < -0.3 is 25.6 Å². The van der Waals surface area contributed by atoms with Crippen LogP contribution in [-0.2, 0) is 4.79 Å². The number of ether oxygens (including phenoxy) is 1. The van der Waals surface area contributed by atoms with Gasteiger partial charge in [0.25, 0.3) is 5.91 Å². The van der Waals surface area contributed by atoms with Crippen molar-refractivity contribution in [1.29, 1.82) is 0 Å². The zero-order valence-corrected chi connectivity index (χ0v) is 22.9. The fourth-order valence-corrected chi connectivity index (χ4v) is 7.54. The lowest BCUT2D eigenvalue weighted by Crippen LogP contribution is -2.62. The molecule has 3 amide bonds. The number of amides is 3. The van der Waals surface area contributed by atoms with Crippen LogP contribution in [0, 0.1) is 12.8 Å². The van der Waals surface area contributed by atoms with Crippen LogP contribution in [0.1, 0.15) is 31.7 Å². The molecule has 3 fully saturated rings. The van der Waals surface area contributed by atoms with Gasteiger partial charge in [0.05, 0.1) is 16.3 Å². The number of benzene rings is 2. The highest BCUT2D eigenvalue weighted by Crippen LogP contribution is 2.48. The van der Waals surface area contributed by atoms with Crippen LogP contribution >= 0.6 is 11.8 Å². The molecule has 0 spiro atoms. The van der Waals surface area contributed by atoms with Gasteiger partial charge in [-0.15, -0.1) is 0 Å². The predicted octanol–water partition coefficient (Wildman–Crippen LogP) is 4.18. The largest absolute Gasteiger partial charge is 0.457 e. The topological polar surface area (TPSA) is 85.9 Å². The first-order valence-electron chi connectivity index (χ1n) is 13.5. The van der Waals surface area contributed by atoms with E-state index >= 15 is 0 Å². The molecular formula is C29H35N5O3S. The summed E-state index contributed by atoms with van der Waals surface area (Å²) in [6.45, 7) is 5.87. The summed E-state index contributed by atoms with van der Waals surface area (Å²) >= 11 is 1.56. The van der Waals surface area contributed by atoms with Gasteiger partial charge in [-0.2, -0.15) is 0 Å². The van der Waals surface area contributed by atoms with Crippen molar-refractivity contribution in [1.82, 2.24) is 20.9 Å². The van der Waals surface area contributed by atoms with Crippen LogP contribution in [0.25, 0.3) is 0 Å². The van der Waals surface area contributed by atoms with E-state index in [-0.39, 0.29) is 35.3 Å². The molecule has 0 radical (unpaired) electrons. The number of anilines is 1. The summed E-state index contributed by atoms with van der Waals surface area (Å²) in [5.41, 5.74) is 2.61. The molecule has 0 saturated carbocycles. The molecule has 4 aliphatic rings. The molecular weight excluding hydrogens is 498 g/mol. The minimum Gasteiger partial charge on any atom is -0.457 e. The molecule has 2 aromatic carbocycles. The maximum Gasteiger partial charge on any atom is 0.326 e. The number of hydrogen-bond donors (Lipinski definition) is 3. The van der Waals surface area contributed by atoms with Crippen molar-refractivity contribution in [2.45, 2.75) is 56.6 Å². The van der Waals surface area contributed by atoms with Gasteiger partial charge in [-0.25, -0.2) is 4.79 Å². The van der Waals surface area contributed by atoms with E-state index < -0.39 is 0 Å². The number of thioether (sulfide) groups is 1. The highest BCUT2D eigenvalue weighted by atomic mass is 32.2. The monoisotopic (exact) mass is 533 g/mol. The Morgan fingerprint density at radius 3 is 2.68 bits per heavy atom. The summed E-state index contributed by atoms with van der Waals surface area (Å²) in [5.74, 6) is 1.47. The molecule has 4 heterocycles. The third-order valence-corrected chi connectivity index (χ3v) is 9.64. The van der Waals surface area contributed by atoms with Crippen molar-refractivity contribution in [3.05, 3.63) is 64.7 Å². The lowest BCUT2D eigenvalue weighted by atomic mass is 9.86. The maximum absolute atomic E-state index is 13.6. The molecule has 0 aliphatic carbocycles. The quantitative estimate of drug-likeness (QED) is 0.535. The molecule has 200 valence electrons. The SMILES string of the molecule is Cc1cc(Oc2ccccc2)ccc1N1C(=O)NC2=C(C(=O)NC3CC[C@@H](C)N(C)C3)SC3NCCC1C23. The number of piperidine rings is 2. The number of hydrogen-bond acceptors (Lipinski definition) is 6. The number of carbonyl (C=O) groups is 2. The van der Waals surface area contributed by atoms with Gasteiger partial charge in [-0.1, -0.05) is 30.0 Å². The summed E-state index contributed by atoms with van der Waals surface area (Å²) < 4.78 is 6.01. The molecule has 4 aliphatic heterocycles. The lowest BCUT2D eigenvalue weighted by Gasteiger charge is -2.46. The van der Waals surface area contributed by atoms with E-state index in [4.69, 9.17) is 4.74 Å². The van der Waals surface area contributed by atoms with E-state index in [9.17, 15) is 9.59 Å². The molecule has 0 bridgehead atoms. The van der Waals surface area contributed by atoms with Crippen molar-refractivity contribution in [3.63, 3.8) is 0 Å². The van der Waals surface area contributed by atoms with Gasteiger partial charge >= 0.3 is 6.03 Å². The van der Waals surface area contributed by atoms with Crippen molar-refractivity contribution in [3.8, 4) is 11.5 Å².